The van der Waals surface area contributed by atoms with Crippen LogP contribution in [0.2, 0.25) is 0 Å². The molecule has 37 heavy (non-hydrogen) atoms. The van der Waals surface area contributed by atoms with Crippen LogP contribution in [-0.4, -0.2) is 80.3 Å². The molecule has 0 amide bonds. The Balaban J connectivity index is 0.00000684. The minimum absolute atomic E-state index is 0. The van der Waals surface area contributed by atoms with Crippen molar-refractivity contribution in [2.24, 2.45) is 0 Å². The smallest absolute Gasteiger partial charge is 0.325 e. The molecule has 2 atom stereocenters. The number of carbonyl (C=O) groups is 4. The zero-order chi connectivity index (χ0) is 26.8. The fourth-order valence-corrected chi connectivity index (χ4v) is 3.77. The van der Waals surface area contributed by atoms with E-state index in [9.17, 15) is 39.6 Å². The molecule has 12 nitrogen and oxygen atoms in total. The number of rotatable bonds is 14. The number of hydrogen-bond donors (Lipinski definition) is 4. The fraction of sp³-hybridized carbons (Fsp3) is 0.250. The number of para-hydroxylation sites is 2. The van der Waals surface area contributed by atoms with E-state index >= 15 is 0 Å². The first-order valence-corrected chi connectivity index (χ1v) is 10.5. The van der Waals surface area contributed by atoms with Crippen molar-refractivity contribution in [3.8, 4) is 11.5 Å². The molecule has 0 aliphatic rings. The van der Waals surface area contributed by atoms with Crippen molar-refractivity contribution in [2.45, 2.75) is 12.1 Å². The molecule has 2 rings (SSSR count). The second-order valence-corrected chi connectivity index (χ2v) is 7.57. The summed E-state index contributed by atoms with van der Waals surface area (Å²) in [5.74, 6) is -5.27. The fourth-order valence-electron chi connectivity index (χ4n) is 3.77. The van der Waals surface area contributed by atoms with Crippen LogP contribution in [0.5, 0.6) is 11.5 Å². The van der Waals surface area contributed by atoms with Crippen LogP contribution in [0.4, 0.5) is 0 Å². The van der Waals surface area contributed by atoms with Crippen LogP contribution in [0, 0.1) is 14.2 Å². The summed E-state index contributed by atoms with van der Waals surface area (Å²) in [6.45, 7) is -1.93. The molecule has 1 radical (unpaired) electrons. The van der Waals surface area contributed by atoms with E-state index in [-0.39, 0.29) is 52.8 Å². The Morgan fingerprint density at radius 2 is 1.27 bits per heavy atom. The molecule has 2 aromatic carbocycles. The van der Waals surface area contributed by atoms with Crippen molar-refractivity contribution in [3.05, 3.63) is 73.9 Å². The van der Waals surface area contributed by atoms with Crippen molar-refractivity contribution in [3.63, 3.8) is 0 Å². The maximum atomic E-state index is 12.2. The summed E-state index contributed by atoms with van der Waals surface area (Å²) in [7, 11) is 6.32. The molecule has 0 spiro atoms. The number of phenols is 1. The number of hydrogen-bond acceptors (Lipinski definition) is 9. The number of aromatic hydroxyl groups is 1. The molecule has 1 unspecified atom stereocenters. The van der Waals surface area contributed by atoms with Gasteiger partial charge in [-0.1, -0.05) is 36.4 Å². The van der Waals surface area contributed by atoms with Gasteiger partial charge in [0.2, 0.25) is 0 Å². The van der Waals surface area contributed by atoms with E-state index in [0.29, 0.717) is 0 Å². The number of benzene rings is 2. The van der Waals surface area contributed by atoms with Crippen LogP contribution in [0.1, 0.15) is 23.2 Å². The van der Waals surface area contributed by atoms with Crippen LogP contribution in [0.25, 0.3) is 0 Å². The van der Waals surface area contributed by atoms with Gasteiger partial charge in [0.05, 0.1) is 18.8 Å². The Bertz CT molecular complexity index is 1100. The molecule has 0 bridgehead atoms. The quantitative estimate of drug-likeness (QED) is 0.150. The van der Waals surface area contributed by atoms with Crippen molar-refractivity contribution in [1.82, 2.24) is 9.80 Å². The summed E-state index contributed by atoms with van der Waals surface area (Å²) in [5, 5.41) is 39.5. The molecule has 0 heterocycles. The molecular formula is C24H26MnN2O10-2. The van der Waals surface area contributed by atoms with Gasteiger partial charge in [-0.05, 0) is 12.1 Å². The molecule has 0 aromatic heterocycles. The first-order valence-electron chi connectivity index (χ1n) is 10.5. The van der Waals surface area contributed by atoms with Crippen LogP contribution >= 0.6 is 0 Å². The van der Waals surface area contributed by atoms with Gasteiger partial charge < -0.3 is 29.9 Å². The Hall–Kier alpha value is -3.64. The molecule has 13 heteroatoms. The number of carbonyl (C=O) groups excluding carboxylic acids is 1. The number of carboxylic acids is 3. The predicted molar refractivity (Wildman–Crippen MR) is 124 cm³/mol. The SMILES string of the molecule is [CH2-]OC(=O)CN(CCN(CC(=O)O)C(C(=O)O)c1ccccc1O[CH2-])[C@H](C(=O)O)c1ccccc1O.[Mn]. The van der Waals surface area contributed by atoms with Gasteiger partial charge in [0, 0.05) is 41.3 Å². The number of nitrogens with zero attached hydrogens (tertiary/aromatic N) is 2. The number of ether oxygens (including phenoxy) is 2. The number of esters is 1. The summed E-state index contributed by atoms with van der Waals surface area (Å²) < 4.78 is 9.42. The molecule has 0 saturated heterocycles. The van der Waals surface area contributed by atoms with Crippen molar-refractivity contribution >= 4 is 23.9 Å². The van der Waals surface area contributed by atoms with E-state index in [1.807, 2.05) is 0 Å². The van der Waals surface area contributed by atoms with Crippen molar-refractivity contribution in [1.29, 1.82) is 0 Å². The maximum absolute atomic E-state index is 12.2. The number of carboxylic acid groups (broad SMARTS) is 3. The Labute approximate surface area is 223 Å². The van der Waals surface area contributed by atoms with E-state index < -0.39 is 49.1 Å². The third-order valence-corrected chi connectivity index (χ3v) is 5.30. The van der Waals surface area contributed by atoms with Crippen molar-refractivity contribution < 1.29 is 66.1 Å². The minimum Gasteiger partial charge on any atom is -0.665 e. The third-order valence-electron chi connectivity index (χ3n) is 5.30. The van der Waals surface area contributed by atoms with Crippen LogP contribution < -0.4 is 4.74 Å². The standard InChI is InChI=1S/C24H26N2O10.Mn/c1-35-18-10-6-4-8-16(18)22(24(33)34)25(13-19(28)29)11-12-26(14-20(30)36-2)21(23(31)32)15-7-3-5-9-17(15)27;/h3-10,21-22,27H,1-2,11-14H2,(H,28,29)(H,31,32)(H,33,34);/q-2;/t21-,22?;/m0./s1. The molecular weight excluding hydrogens is 531 g/mol. The number of phenolic OH excluding ortho intramolecular Hbond substituents is 1. The average Bonchev–Trinajstić information content (AvgIpc) is 2.83. The molecule has 2 aromatic rings. The molecule has 4 N–H and O–H groups in total. The van der Waals surface area contributed by atoms with Gasteiger partial charge in [-0.2, -0.15) is 14.2 Å². The van der Waals surface area contributed by atoms with E-state index in [0.717, 1.165) is 9.80 Å². The monoisotopic (exact) mass is 557 g/mol. The van der Waals surface area contributed by atoms with Crippen molar-refractivity contribution in [2.75, 3.05) is 26.2 Å². The van der Waals surface area contributed by atoms with Gasteiger partial charge in [-0.3, -0.25) is 29.0 Å². The van der Waals surface area contributed by atoms with Gasteiger partial charge in [-0.25, -0.2) is 0 Å². The zero-order valence-electron chi connectivity index (χ0n) is 19.5. The summed E-state index contributed by atoms with van der Waals surface area (Å²) in [6, 6.07) is 8.59. The Morgan fingerprint density at radius 1 is 0.784 bits per heavy atom. The first-order chi connectivity index (χ1) is 17.1. The minimum atomic E-state index is -1.55. The van der Waals surface area contributed by atoms with E-state index in [2.05, 4.69) is 19.0 Å². The second-order valence-electron chi connectivity index (χ2n) is 7.57. The predicted octanol–water partition coefficient (Wildman–Crippen LogP) is 1.54. The average molecular weight is 557 g/mol. The van der Waals surface area contributed by atoms with Crippen LogP contribution in [0.3, 0.4) is 0 Å². The molecule has 0 aliphatic carbocycles. The summed E-state index contributed by atoms with van der Waals surface area (Å²) in [5.41, 5.74) is 0.0951. The van der Waals surface area contributed by atoms with Crippen LogP contribution in [-0.2, 0) is 41.0 Å². The molecule has 0 saturated carbocycles. The maximum Gasteiger partial charge on any atom is 0.325 e. The Morgan fingerprint density at radius 3 is 1.76 bits per heavy atom. The van der Waals surface area contributed by atoms with Gasteiger partial charge in [0.1, 0.15) is 17.8 Å². The number of aliphatic carboxylic acids is 3. The third kappa shape index (κ3) is 8.46. The van der Waals surface area contributed by atoms with Crippen LogP contribution in [0.15, 0.2) is 48.5 Å². The summed E-state index contributed by atoms with van der Waals surface area (Å²) in [6.07, 6.45) is 0. The van der Waals surface area contributed by atoms with E-state index in [1.54, 1.807) is 12.1 Å². The molecule has 0 aliphatic heterocycles. The van der Waals surface area contributed by atoms with Gasteiger partial charge in [0.15, 0.2) is 0 Å². The first kappa shape index (κ1) is 31.4. The van der Waals surface area contributed by atoms with E-state index in [4.69, 9.17) is 4.74 Å². The molecule has 201 valence electrons. The van der Waals surface area contributed by atoms with Gasteiger partial charge in [0.25, 0.3) is 5.97 Å². The second kappa shape index (κ2) is 14.8. The Kier molecular flexibility index (Phi) is 12.6. The largest absolute Gasteiger partial charge is 0.665 e. The van der Waals surface area contributed by atoms with Gasteiger partial charge in [-0.15, -0.1) is 0 Å². The van der Waals surface area contributed by atoms with E-state index in [1.165, 1.54) is 36.4 Å². The normalized spacial score (nSPS) is 12.3. The zero-order valence-corrected chi connectivity index (χ0v) is 20.7. The molecule has 0 fully saturated rings. The topological polar surface area (TPSA) is 174 Å². The summed E-state index contributed by atoms with van der Waals surface area (Å²) >= 11 is 0. The summed E-state index contributed by atoms with van der Waals surface area (Å²) in [4.78, 5) is 50.2. The van der Waals surface area contributed by atoms with Gasteiger partial charge >= 0.3 is 17.9 Å².